The minimum Gasteiger partial charge on any atom is -0.294 e. The molecule has 0 saturated heterocycles. The second kappa shape index (κ2) is 7.30. The van der Waals surface area contributed by atoms with Gasteiger partial charge in [0.1, 0.15) is 0 Å². The summed E-state index contributed by atoms with van der Waals surface area (Å²) in [5.41, 5.74) is 4.23. The fourth-order valence-corrected chi connectivity index (χ4v) is 14.1. The Kier molecular flexibility index (Phi) is 5.12. The molecule has 2 heteroatoms. The van der Waals surface area contributed by atoms with E-state index in [0.717, 1.165) is 31.2 Å². The summed E-state index contributed by atoms with van der Waals surface area (Å²) in [5.74, 6) is 0.445. The Balaban J connectivity index is 1.73. The van der Waals surface area contributed by atoms with Gasteiger partial charge in [0.25, 0.3) is 0 Å². The van der Waals surface area contributed by atoms with Crippen LogP contribution in [0.1, 0.15) is 69.3 Å². The van der Waals surface area contributed by atoms with E-state index in [9.17, 15) is 4.79 Å². The molecule has 0 N–H and O–H groups in total. The number of carbonyl (C=O) groups excluding carboxylic acids is 1. The maximum atomic E-state index is 13.6. The average Bonchev–Trinajstić information content (AvgIpc) is 3.11. The van der Waals surface area contributed by atoms with Gasteiger partial charge in [-0.1, -0.05) is 93.9 Å². The SMILES string of the molecule is CC(C)[Si](c1ccccc1)(C(C)C)[C@@H]1CC[C@]2(CCc3ccccc3C2=O)C1. The number of hydrogen-bond acceptors (Lipinski definition) is 1. The first-order valence-corrected chi connectivity index (χ1v) is 13.3. The van der Waals surface area contributed by atoms with E-state index in [1.165, 1.54) is 12.0 Å². The highest BCUT2D eigenvalue weighted by Gasteiger charge is 2.56. The second-order valence-corrected chi connectivity index (χ2v) is 15.4. The van der Waals surface area contributed by atoms with Crippen LogP contribution in [0.25, 0.3) is 0 Å². The minimum absolute atomic E-state index is 0.101. The molecular weight excluding hydrogens is 356 g/mol. The summed E-state index contributed by atoms with van der Waals surface area (Å²) in [6, 6.07) is 19.7. The molecule has 0 bridgehead atoms. The monoisotopic (exact) mass is 390 g/mol. The van der Waals surface area contributed by atoms with E-state index in [1.807, 2.05) is 6.07 Å². The molecule has 4 rings (SSSR count). The lowest BCUT2D eigenvalue weighted by Crippen LogP contribution is -2.56. The zero-order chi connectivity index (χ0) is 19.9. The number of Topliss-reactive ketones (excluding diaryl/α,β-unsaturated/α-hetero) is 1. The van der Waals surface area contributed by atoms with Crippen LogP contribution in [-0.4, -0.2) is 13.9 Å². The van der Waals surface area contributed by atoms with Crippen LogP contribution < -0.4 is 5.19 Å². The lowest BCUT2D eigenvalue weighted by Gasteiger charge is -2.46. The quantitative estimate of drug-likeness (QED) is 0.542. The summed E-state index contributed by atoms with van der Waals surface area (Å²) in [6.45, 7) is 9.79. The topological polar surface area (TPSA) is 17.1 Å². The molecule has 1 nitrogen and oxygen atoms in total. The Morgan fingerprint density at radius 2 is 1.54 bits per heavy atom. The van der Waals surface area contributed by atoms with E-state index in [0.29, 0.717) is 22.4 Å². The molecule has 2 aromatic carbocycles. The molecule has 0 unspecified atom stereocenters. The highest BCUT2D eigenvalue weighted by atomic mass is 28.3. The van der Waals surface area contributed by atoms with Crippen molar-refractivity contribution < 1.29 is 4.79 Å². The van der Waals surface area contributed by atoms with Crippen LogP contribution in [0.3, 0.4) is 0 Å². The molecule has 0 aliphatic heterocycles. The molecule has 1 fully saturated rings. The molecule has 0 radical (unpaired) electrons. The van der Waals surface area contributed by atoms with Crippen LogP contribution >= 0.6 is 0 Å². The maximum Gasteiger partial charge on any atom is 0.169 e. The van der Waals surface area contributed by atoms with Crippen molar-refractivity contribution in [1.82, 2.24) is 0 Å². The van der Waals surface area contributed by atoms with Gasteiger partial charge in [0.15, 0.2) is 5.78 Å². The van der Waals surface area contributed by atoms with Crippen molar-refractivity contribution in [3.8, 4) is 0 Å². The molecule has 1 spiro atoms. The van der Waals surface area contributed by atoms with Gasteiger partial charge in [-0.3, -0.25) is 4.79 Å². The largest absolute Gasteiger partial charge is 0.294 e. The van der Waals surface area contributed by atoms with E-state index in [1.54, 1.807) is 5.19 Å². The predicted octanol–water partition coefficient (Wildman–Crippen LogP) is 6.53. The number of benzene rings is 2. The van der Waals surface area contributed by atoms with Crippen LogP contribution in [0.5, 0.6) is 0 Å². The number of hydrogen-bond donors (Lipinski definition) is 0. The Labute approximate surface area is 171 Å². The summed E-state index contributed by atoms with van der Waals surface area (Å²) in [7, 11) is -1.78. The van der Waals surface area contributed by atoms with Crippen molar-refractivity contribution in [2.45, 2.75) is 76.4 Å². The number of ketones is 1. The summed E-state index contributed by atoms with van der Waals surface area (Å²) in [5, 5.41) is 1.60. The van der Waals surface area contributed by atoms with Crippen molar-refractivity contribution in [1.29, 1.82) is 0 Å². The fourth-order valence-electron chi connectivity index (χ4n) is 6.94. The molecule has 1 saturated carbocycles. The molecule has 0 heterocycles. The predicted molar refractivity (Wildman–Crippen MR) is 121 cm³/mol. The number of carbonyl (C=O) groups is 1. The van der Waals surface area contributed by atoms with E-state index in [2.05, 4.69) is 76.2 Å². The Morgan fingerprint density at radius 3 is 2.21 bits per heavy atom. The van der Waals surface area contributed by atoms with Crippen molar-refractivity contribution in [3.63, 3.8) is 0 Å². The Hall–Kier alpha value is -1.67. The molecule has 2 atom stereocenters. The lowest BCUT2D eigenvalue weighted by molar-refractivity contribution is 0.0765. The summed E-state index contributed by atoms with van der Waals surface area (Å²) >= 11 is 0. The van der Waals surface area contributed by atoms with Gasteiger partial charge in [-0.25, -0.2) is 0 Å². The van der Waals surface area contributed by atoms with Crippen molar-refractivity contribution in [2.24, 2.45) is 5.41 Å². The first-order chi connectivity index (χ1) is 13.4. The molecular formula is C26H34OSi. The third-order valence-corrected chi connectivity index (χ3v) is 15.1. The highest BCUT2D eigenvalue weighted by Crippen LogP contribution is 2.58. The fraction of sp³-hybridized carbons (Fsp3) is 0.500. The average molecular weight is 391 g/mol. The van der Waals surface area contributed by atoms with E-state index in [-0.39, 0.29) is 5.41 Å². The van der Waals surface area contributed by atoms with E-state index in [4.69, 9.17) is 0 Å². The molecule has 2 aliphatic carbocycles. The number of fused-ring (bicyclic) bond motifs is 1. The van der Waals surface area contributed by atoms with Crippen LogP contribution in [0.2, 0.25) is 16.6 Å². The van der Waals surface area contributed by atoms with Gasteiger partial charge < -0.3 is 0 Å². The Morgan fingerprint density at radius 1 is 0.893 bits per heavy atom. The smallest absolute Gasteiger partial charge is 0.169 e. The van der Waals surface area contributed by atoms with Crippen LogP contribution in [0.15, 0.2) is 54.6 Å². The molecule has 2 aliphatic rings. The number of rotatable bonds is 4. The number of aryl methyl sites for hydroxylation is 1. The van der Waals surface area contributed by atoms with Gasteiger partial charge in [0.05, 0.1) is 8.07 Å². The Bertz CT molecular complexity index is 846. The first-order valence-electron chi connectivity index (χ1n) is 11.1. The minimum atomic E-state index is -1.78. The van der Waals surface area contributed by atoms with Gasteiger partial charge in [0.2, 0.25) is 0 Å². The van der Waals surface area contributed by atoms with Crippen LogP contribution in [-0.2, 0) is 6.42 Å². The van der Waals surface area contributed by atoms with Gasteiger partial charge in [-0.15, -0.1) is 0 Å². The van der Waals surface area contributed by atoms with Crippen LogP contribution in [0.4, 0.5) is 0 Å². The third kappa shape index (κ3) is 2.84. The molecule has 148 valence electrons. The van der Waals surface area contributed by atoms with Gasteiger partial charge in [-0.2, -0.15) is 0 Å². The summed E-state index contributed by atoms with van der Waals surface area (Å²) in [4.78, 5) is 13.6. The van der Waals surface area contributed by atoms with E-state index < -0.39 is 8.07 Å². The zero-order valence-electron chi connectivity index (χ0n) is 17.9. The summed E-state index contributed by atoms with van der Waals surface area (Å²) < 4.78 is 0. The van der Waals surface area contributed by atoms with Gasteiger partial charge in [-0.05, 0) is 47.9 Å². The van der Waals surface area contributed by atoms with Crippen molar-refractivity contribution >= 4 is 19.0 Å². The standard InChI is InChI=1S/C26H34OSi/c1-19(2)28(20(3)4,22-11-6-5-7-12-22)23-15-17-26(18-23)16-14-21-10-8-9-13-24(21)25(26)27/h5-13,19-20,23H,14-18H2,1-4H3/t23-,26-/m1/s1. The van der Waals surface area contributed by atoms with Crippen molar-refractivity contribution in [3.05, 3.63) is 65.7 Å². The van der Waals surface area contributed by atoms with E-state index >= 15 is 0 Å². The molecule has 28 heavy (non-hydrogen) atoms. The molecule has 0 aromatic heterocycles. The second-order valence-electron chi connectivity index (χ2n) is 9.81. The lowest BCUT2D eigenvalue weighted by atomic mass is 9.69. The first kappa shape index (κ1) is 19.6. The van der Waals surface area contributed by atoms with Gasteiger partial charge >= 0.3 is 0 Å². The highest BCUT2D eigenvalue weighted by molar-refractivity contribution is 6.95. The van der Waals surface area contributed by atoms with Crippen LogP contribution in [0, 0.1) is 5.41 Å². The van der Waals surface area contributed by atoms with Gasteiger partial charge in [0, 0.05) is 11.0 Å². The normalized spacial score (nSPS) is 24.9. The third-order valence-electron chi connectivity index (χ3n) is 8.09. The maximum absolute atomic E-state index is 13.6. The summed E-state index contributed by atoms with van der Waals surface area (Å²) in [6.07, 6.45) is 5.54. The van der Waals surface area contributed by atoms with Crippen molar-refractivity contribution in [2.75, 3.05) is 0 Å². The molecule has 2 aromatic rings. The molecule has 0 amide bonds. The zero-order valence-corrected chi connectivity index (χ0v) is 18.9.